The Bertz CT molecular complexity index is 1110. The first kappa shape index (κ1) is 20.3. The fraction of sp³-hybridized carbons (Fsp3) is 0. The van der Waals surface area contributed by atoms with Crippen molar-refractivity contribution in [2.75, 3.05) is 0 Å². The van der Waals surface area contributed by atoms with Crippen LogP contribution in [0.1, 0.15) is 5.56 Å². The summed E-state index contributed by atoms with van der Waals surface area (Å²) in [5.41, 5.74) is 2.13. The van der Waals surface area contributed by atoms with Crippen LogP contribution in [0.3, 0.4) is 0 Å². The van der Waals surface area contributed by atoms with E-state index in [2.05, 4.69) is 78.9 Å². The fourth-order valence-corrected chi connectivity index (χ4v) is 4.73. The molecule has 3 heteroatoms. The summed E-state index contributed by atoms with van der Waals surface area (Å²) >= 11 is 3.44. The van der Waals surface area contributed by atoms with Crippen LogP contribution in [-0.4, -0.2) is 5.04 Å². The largest absolute Gasteiger partial charge is 0.242 e. The van der Waals surface area contributed by atoms with Gasteiger partial charge >= 0.3 is 0 Å². The molecule has 0 heterocycles. The molecule has 4 aromatic rings. The van der Waals surface area contributed by atoms with Gasteiger partial charge in [-0.1, -0.05) is 108 Å². The molecule has 0 saturated heterocycles. The van der Waals surface area contributed by atoms with Crippen molar-refractivity contribution in [3.8, 4) is 0 Å². The Kier molecular flexibility index (Phi) is 7.21. The number of benzene rings is 4. The molecule has 0 saturated carbocycles. The quantitative estimate of drug-likeness (QED) is 0.175. The van der Waals surface area contributed by atoms with Gasteiger partial charge in [-0.25, -0.2) is 4.99 Å². The Morgan fingerprint density at radius 2 is 1.00 bits per heavy atom. The maximum absolute atomic E-state index is 4.95. The Hall–Kier alpha value is -3.01. The van der Waals surface area contributed by atoms with E-state index in [-0.39, 0.29) is 0 Å². The monoisotopic (exact) mass is 423 g/mol. The van der Waals surface area contributed by atoms with Gasteiger partial charge in [0.15, 0.2) is 0 Å². The molecule has 0 atom stereocenters. The molecule has 30 heavy (non-hydrogen) atoms. The van der Waals surface area contributed by atoms with Gasteiger partial charge in [-0.05, 0) is 48.0 Å². The smallest absolute Gasteiger partial charge is 0.103 e. The Morgan fingerprint density at radius 3 is 1.57 bits per heavy atom. The van der Waals surface area contributed by atoms with Crippen molar-refractivity contribution in [2.24, 2.45) is 4.99 Å². The van der Waals surface area contributed by atoms with Crippen LogP contribution in [-0.2, 0) is 0 Å². The van der Waals surface area contributed by atoms with Gasteiger partial charge in [0, 0.05) is 14.7 Å². The molecule has 0 fully saturated rings. The average Bonchev–Trinajstić information content (AvgIpc) is 2.81. The van der Waals surface area contributed by atoms with Crippen molar-refractivity contribution in [1.29, 1.82) is 0 Å². The predicted octanol–water partition coefficient (Wildman–Crippen LogP) is 8.34. The fourth-order valence-electron chi connectivity index (χ4n) is 2.83. The molecule has 0 amide bonds. The lowest BCUT2D eigenvalue weighted by molar-refractivity contribution is 1.47. The van der Waals surface area contributed by atoms with Crippen LogP contribution >= 0.6 is 23.5 Å². The zero-order valence-electron chi connectivity index (χ0n) is 16.4. The Balaban J connectivity index is 1.76. The molecule has 0 aliphatic rings. The van der Waals surface area contributed by atoms with Crippen LogP contribution in [0, 0.1) is 0 Å². The molecule has 0 unspecified atom stereocenters. The van der Waals surface area contributed by atoms with Crippen molar-refractivity contribution in [3.05, 3.63) is 133 Å². The summed E-state index contributed by atoms with van der Waals surface area (Å²) < 4.78 is 0. The zero-order valence-corrected chi connectivity index (χ0v) is 18.0. The molecule has 146 valence electrons. The number of para-hydroxylation sites is 1. The lowest BCUT2D eigenvalue weighted by Gasteiger charge is -2.10. The van der Waals surface area contributed by atoms with Crippen LogP contribution in [0.25, 0.3) is 4.91 Å². The van der Waals surface area contributed by atoms with E-state index in [0.717, 1.165) is 10.7 Å². The van der Waals surface area contributed by atoms with Crippen LogP contribution in [0.5, 0.6) is 0 Å². The maximum atomic E-state index is 4.95. The van der Waals surface area contributed by atoms with Gasteiger partial charge in [0.1, 0.15) is 5.04 Å². The predicted molar refractivity (Wildman–Crippen MR) is 133 cm³/mol. The third kappa shape index (κ3) is 5.99. The second kappa shape index (κ2) is 10.7. The maximum Gasteiger partial charge on any atom is 0.103 e. The van der Waals surface area contributed by atoms with E-state index in [1.54, 1.807) is 23.5 Å². The van der Waals surface area contributed by atoms with Gasteiger partial charge < -0.3 is 0 Å². The van der Waals surface area contributed by atoms with Gasteiger partial charge in [0.05, 0.1) is 5.69 Å². The number of hydrogen-bond acceptors (Lipinski definition) is 3. The first-order chi connectivity index (χ1) is 14.9. The molecule has 0 radical (unpaired) electrons. The Labute approximate surface area is 186 Å². The minimum Gasteiger partial charge on any atom is -0.242 e. The van der Waals surface area contributed by atoms with E-state index < -0.39 is 0 Å². The zero-order chi connectivity index (χ0) is 20.4. The van der Waals surface area contributed by atoms with Crippen molar-refractivity contribution in [1.82, 2.24) is 0 Å². The van der Waals surface area contributed by atoms with Crippen LogP contribution in [0.15, 0.2) is 142 Å². The molecule has 4 aromatic carbocycles. The molecule has 0 N–H and O–H groups in total. The third-order valence-electron chi connectivity index (χ3n) is 4.25. The summed E-state index contributed by atoms with van der Waals surface area (Å²) in [5.74, 6) is 0. The topological polar surface area (TPSA) is 12.4 Å². The highest BCUT2D eigenvalue weighted by Gasteiger charge is 2.08. The van der Waals surface area contributed by atoms with Gasteiger partial charge in [0.2, 0.25) is 0 Å². The van der Waals surface area contributed by atoms with E-state index in [4.69, 9.17) is 4.99 Å². The average molecular weight is 424 g/mol. The van der Waals surface area contributed by atoms with E-state index in [0.29, 0.717) is 0 Å². The third-order valence-corrected chi connectivity index (χ3v) is 6.25. The van der Waals surface area contributed by atoms with Crippen LogP contribution in [0.4, 0.5) is 5.69 Å². The minimum atomic E-state index is 0.948. The van der Waals surface area contributed by atoms with Crippen molar-refractivity contribution < 1.29 is 0 Å². The lowest BCUT2D eigenvalue weighted by Crippen LogP contribution is -1.90. The number of nitrogens with zero attached hydrogens (tertiary/aromatic N) is 1. The molecule has 0 spiro atoms. The number of aliphatic imine (C=N–C) groups is 1. The molecule has 4 rings (SSSR count). The number of thioether (sulfide) groups is 2. The summed E-state index contributed by atoms with van der Waals surface area (Å²) in [4.78, 5) is 8.49. The number of rotatable bonds is 6. The molecule has 1 nitrogen and oxygen atoms in total. The SMILES string of the molecule is C(/C(=Nc1ccccc1)Sc1ccccc1)=C(\Sc1ccccc1)c1ccccc1. The van der Waals surface area contributed by atoms with Crippen LogP contribution < -0.4 is 0 Å². The summed E-state index contributed by atoms with van der Waals surface area (Å²) in [6.45, 7) is 0. The van der Waals surface area contributed by atoms with E-state index >= 15 is 0 Å². The van der Waals surface area contributed by atoms with Crippen LogP contribution in [0.2, 0.25) is 0 Å². The van der Waals surface area contributed by atoms with E-state index in [9.17, 15) is 0 Å². The van der Waals surface area contributed by atoms with Crippen molar-refractivity contribution >= 4 is 39.2 Å². The summed E-state index contributed by atoms with van der Waals surface area (Å²) in [6, 6.07) is 41.5. The second-order valence-electron chi connectivity index (χ2n) is 6.49. The van der Waals surface area contributed by atoms with Crippen molar-refractivity contribution in [3.63, 3.8) is 0 Å². The first-order valence-corrected chi connectivity index (χ1v) is 11.4. The highest BCUT2D eigenvalue weighted by atomic mass is 32.2. The Morgan fingerprint density at radius 1 is 0.533 bits per heavy atom. The second-order valence-corrected chi connectivity index (χ2v) is 8.70. The first-order valence-electron chi connectivity index (χ1n) is 9.73. The molecule has 0 aliphatic carbocycles. The highest BCUT2D eigenvalue weighted by Crippen LogP contribution is 2.36. The van der Waals surface area contributed by atoms with Crippen molar-refractivity contribution in [2.45, 2.75) is 9.79 Å². The van der Waals surface area contributed by atoms with Gasteiger partial charge in [-0.3, -0.25) is 0 Å². The standard InChI is InChI=1S/C27H21NS2/c1-5-13-22(14-6-1)26(29-24-17-9-3-10-18-24)21-27(28-23-15-7-2-8-16-23)30-25-19-11-4-12-20-25/h1-21H/b26-21+,28-27?. The molecule has 0 aromatic heterocycles. The number of hydrogen-bond donors (Lipinski definition) is 0. The molecule has 0 bridgehead atoms. The van der Waals surface area contributed by atoms with E-state index in [1.165, 1.54) is 20.3 Å². The molecular weight excluding hydrogens is 402 g/mol. The van der Waals surface area contributed by atoms with E-state index in [1.807, 2.05) is 48.5 Å². The molecule has 0 aliphatic heterocycles. The van der Waals surface area contributed by atoms with Gasteiger partial charge in [0.25, 0.3) is 0 Å². The minimum absolute atomic E-state index is 0.948. The van der Waals surface area contributed by atoms with Gasteiger partial charge in [-0.15, -0.1) is 0 Å². The molecular formula is C27H21NS2. The normalized spacial score (nSPS) is 12.0. The summed E-state index contributed by atoms with van der Waals surface area (Å²) in [6.07, 6.45) is 2.19. The summed E-state index contributed by atoms with van der Waals surface area (Å²) in [7, 11) is 0. The van der Waals surface area contributed by atoms with Gasteiger partial charge in [-0.2, -0.15) is 0 Å². The lowest BCUT2D eigenvalue weighted by atomic mass is 10.2. The summed E-state index contributed by atoms with van der Waals surface area (Å²) in [5, 5.41) is 0.953. The highest BCUT2D eigenvalue weighted by molar-refractivity contribution is 8.14.